The van der Waals surface area contributed by atoms with Gasteiger partial charge in [-0.15, -0.1) is 0 Å². The van der Waals surface area contributed by atoms with Gasteiger partial charge in [0, 0.05) is 28.2 Å². The minimum Gasteiger partial charge on any atom is -0.397 e. The molecule has 2 aromatic heterocycles. The van der Waals surface area contributed by atoms with Gasteiger partial charge in [0.05, 0.1) is 29.0 Å². The zero-order valence-corrected chi connectivity index (χ0v) is 17.0. The lowest BCUT2D eigenvalue weighted by Gasteiger charge is -2.34. The molecule has 1 aliphatic carbocycles. The molecule has 1 aromatic carbocycles. The predicted molar refractivity (Wildman–Crippen MR) is 113 cm³/mol. The third-order valence-electron chi connectivity index (χ3n) is 5.72. The number of halogens is 1. The Morgan fingerprint density at radius 1 is 1.10 bits per heavy atom. The van der Waals surface area contributed by atoms with Gasteiger partial charge in [-0.2, -0.15) is 4.39 Å². The first-order valence-corrected chi connectivity index (χ1v) is 10.2. The highest BCUT2D eigenvalue weighted by atomic mass is 19.1. The van der Waals surface area contributed by atoms with Crippen molar-refractivity contribution in [3.63, 3.8) is 0 Å². The van der Waals surface area contributed by atoms with Crippen LogP contribution < -0.4 is 5.73 Å². The number of carbonyl (C=O) groups excluding carboxylic acids is 1. The molecule has 0 bridgehead atoms. The summed E-state index contributed by atoms with van der Waals surface area (Å²) >= 11 is 0. The van der Waals surface area contributed by atoms with Gasteiger partial charge >= 0.3 is 0 Å². The topological polar surface area (TPSA) is 72.1 Å². The molecule has 1 amide bonds. The highest BCUT2D eigenvalue weighted by Gasteiger charge is 2.38. The number of fused-ring (bicyclic) bond motifs is 2. The second-order valence-corrected chi connectivity index (χ2v) is 7.36. The lowest BCUT2D eigenvalue weighted by Crippen LogP contribution is -2.40. The van der Waals surface area contributed by atoms with Crippen LogP contribution in [0.5, 0.6) is 0 Å². The Hall–Kier alpha value is -3.02. The van der Waals surface area contributed by atoms with Crippen molar-refractivity contribution in [2.45, 2.75) is 52.6 Å². The van der Waals surface area contributed by atoms with Crippen LogP contribution in [0.2, 0.25) is 0 Å². The van der Waals surface area contributed by atoms with Crippen LogP contribution in [-0.2, 0) is 6.54 Å². The van der Waals surface area contributed by atoms with Crippen LogP contribution in [0.4, 0.5) is 10.1 Å². The Kier molecular flexibility index (Phi) is 4.94. The average Bonchev–Trinajstić information content (AvgIpc) is 2.99. The molecule has 0 radical (unpaired) electrons. The summed E-state index contributed by atoms with van der Waals surface area (Å²) in [5, 5.41) is 0.676. The molecule has 5 nitrogen and oxygen atoms in total. The van der Waals surface area contributed by atoms with Gasteiger partial charge in [-0.3, -0.25) is 4.79 Å². The molecule has 1 saturated carbocycles. The number of benzene rings is 1. The number of pyridine rings is 2. The lowest BCUT2D eigenvalue weighted by atomic mass is 9.92. The van der Waals surface area contributed by atoms with Crippen LogP contribution in [0.1, 0.15) is 54.9 Å². The molecule has 6 heteroatoms. The molecule has 5 rings (SSSR count). The van der Waals surface area contributed by atoms with E-state index in [4.69, 9.17) is 10.7 Å². The first-order valence-electron chi connectivity index (χ1n) is 10.2. The number of rotatable bonds is 2. The third kappa shape index (κ3) is 3.03. The lowest BCUT2D eigenvalue weighted by molar-refractivity contribution is 0.0606. The van der Waals surface area contributed by atoms with Crippen LogP contribution in [-0.4, -0.2) is 26.8 Å². The molecule has 0 spiro atoms. The Labute approximate surface area is 169 Å². The van der Waals surface area contributed by atoms with Gasteiger partial charge in [-0.1, -0.05) is 32.0 Å². The standard InChI is InChI=1S/C21H19FN4O.C2H6/c1-11-8-9-14(20(22)24-11)13-6-3-7-15-18(23)17-16(25-19(13)15)10-26(21(17)27)12-4-2-5-12;1-2/h3,6-9,12H,2,4-5,10H2,1H3,(H2,23,25);1-2H3. The second-order valence-electron chi connectivity index (χ2n) is 7.36. The van der Waals surface area contributed by atoms with E-state index in [1.165, 1.54) is 0 Å². The number of amides is 1. The van der Waals surface area contributed by atoms with Crippen molar-refractivity contribution in [2.24, 2.45) is 0 Å². The smallest absolute Gasteiger partial charge is 0.258 e. The van der Waals surface area contributed by atoms with Crippen molar-refractivity contribution in [1.82, 2.24) is 14.9 Å². The van der Waals surface area contributed by atoms with Crippen molar-refractivity contribution in [3.05, 3.63) is 53.2 Å². The van der Waals surface area contributed by atoms with E-state index in [1.807, 2.05) is 36.9 Å². The molecule has 3 aromatic rings. The third-order valence-corrected chi connectivity index (χ3v) is 5.72. The van der Waals surface area contributed by atoms with E-state index in [2.05, 4.69) is 4.98 Å². The molecule has 0 atom stereocenters. The summed E-state index contributed by atoms with van der Waals surface area (Å²) in [6.07, 6.45) is 3.22. The number of carbonyl (C=O) groups is 1. The normalized spacial score (nSPS) is 15.7. The monoisotopic (exact) mass is 392 g/mol. The molecule has 3 heterocycles. The van der Waals surface area contributed by atoms with Gasteiger partial charge in [0.25, 0.3) is 5.91 Å². The number of nitrogen functional groups attached to an aromatic ring is 1. The number of hydrogen-bond donors (Lipinski definition) is 1. The van der Waals surface area contributed by atoms with Crippen molar-refractivity contribution in [1.29, 1.82) is 0 Å². The second kappa shape index (κ2) is 7.43. The fraction of sp³-hybridized carbons (Fsp3) is 0.348. The zero-order valence-electron chi connectivity index (χ0n) is 17.0. The Bertz CT molecular complexity index is 1110. The Morgan fingerprint density at radius 3 is 2.52 bits per heavy atom. The van der Waals surface area contributed by atoms with Gasteiger partial charge in [0.2, 0.25) is 5.95 Å². The van der Waals surface area contributed by atoms with Gasteiger partial charge in [0.15, 0.2) is 0 Å². The molecular formula is C23H25FN4O. The molecule has 2 N–H and O–H groups in total. The van der Waals surface area contributed by atoms with E-state index in [9.17, 15) is 9.18 Å². The van der Waals surface area contributed by atoms with Gasteiger partial charge < -0.3 is 10.6 Å². The summed E-state index contributed by atoms with van der Waals surface area (Å²) in [6, 6.07) is 9.23. The van der Waals surface area contributed by atoms with E-state index in [1.54, 1.807) is 19.1 Å². The van der Waals surface area contributed by atoms with Crippen molar-refractivity contribution < 1.29 is 9.18 Å². The highest BCUT2D eigenvalue weighted by Crippen LogP contribution is 2.39. The van der Waals surface area contributed by atoms with Crippen LogP contribution in [0.15, 0.2) is 30.3 Å². The Morgan fingerprint density at radius 2 is 1.86 bits per heavy atom. The first-order chi connectivity index (χ1) is 14.0. The number of nitrogens with zero attached hydrogens (tertiary/aromatic N) is 3. The minimum absolute atomic E-state index is 0.0322. The van der Waals surface area contributed by atoms with Crippen LogP contribution in [0.25, 0.3) is 22.0 Å². The number of aromatic nitrogens is 2. The van der Waals surface area contributed by atoms with Gasteiger partial charge in [-0.05, 0) is 38.3 Å². The predicted octanol–water partition coefficient (Wildman–Crippen LogP) is 4.86. The number of para-hydroxylation sites is 1. The van der Waals surface area contributed by atoms with E-state index >= 15 is 0 Å². The van der Waals surface area contributed by atoms with E-state index in [0.717, 1.165) is 19.3 Å². The van der Waals surface area contributed by atoms with Crippen LogP contribution in [0.3, 0.4) is 0 Å². The number of nitrogens with two attached hydrogens (primary N) is 1. The molecule has 0 unspecified atom stereocenters. The zero-order chi connectivity index (χ0) is 20.7. The summed E-state index contributed by atoms with van der Waals surface area (Å²) in [5.41, 5.74) is 10.3. The largest absolute Gasteiger partial charge is 0.397 e. The summed E-state index contributed by atoms with van der Waals surface area (Å²) in [5.74, 6) is -0.564. The SMILES string of the molecule is CC.Cc1ccc(-c2cccc3c(N)c4c(nc23)CN(C2CCC2)C4=O)c(F)n1. The summed E-state index contributed by atoms with van der Waals surface area (Å²) in [4.78, 5) is 23.4. The quantitative estimate of drug-likeness (QED) is 0.632. The van der Waals surface area contributed by atoms with Gasteiger partial charge in [0.1, 0.15) is 0 Å². The van der Waals surface area contributed by atoms with E-state index < -0.39 is 5.95 Å². The van der Waals surface area contributed by atoms with Crippen LogP contribution >= 0.6 is 0 Å². The number of aryl methyl sites for hydroxylation is 1. The maximum absolute atomic E-state index is 14.5. The molecule has 1 aliphatic heterocycles. The Balaban J connectivity index is 0.000000994. The number of hydrogen-bond acceptors (Lipinski definition) is 4. The van der Waals surface area contributed by atoms with E-state index in [-0.39, 0.29) is 11.9 Å². The van der Waals surface area contributed by atoms with E-state index in [0.29, 0.717) is 51.2 Å². The summed E-state index contributed by atoms with van der Waals surface area (Å²) in [7, 11) is 0. The average molecular weight is 392 g/mol. The van der Waals surface area contributed by atoms with Crippen LogP contribution in [0, 0.1) is 12.9 Å². The summed E-state index contributed by atoms with van der Waals surface area (Å²) < 4.78 is 14.5. The summed E-state index contributed by atoms with van der Waals surface area (Å²) in [6.45, 7) is 6.22. The molecule has 29 heavy (non-hydrogen) atoms. The maximum atomic E-state index is 14.5. The fourth-order valence-electron chi connectivity index (χ4n) is 4.03. The number of anilines is 1. The first kappa shape index (κ1) is 19.3. The van der Waals surface area contributed by atoms with Gasteiger partial charge in [-0.25, -0.2) is 9.97 Å². The fourth-order valence-corrected chi connectivity index (χ4v) is 4.03. The molecule has 0 saturated heterocycles. The highest BCUT2D eigenvalue weighted by molar-refractivity contribution is 6.11. The molecule has 2 aliphatic rings. The minimum atomic E-state index is -0.532. The molecule has 1 fully saturated rings. The molecular weight excluding hydrogens is 367 g/mol. The maximum Gasteiger partial charge on any atom is 0.258 e. The molecule has 150 valence electrons. The van der Waals surface area contributed by atoms with Crippen molar-refractivity contribution in [3.8, 4) is 11.1 Å². The van der Waals surface area contributed by atoms with Crippen molar-refractivity contribution >= 4 is 22.5 Å². The van der Waals surface area contributed by atoms with Crippen molar-refractivity contribution in [2.75, 3.05) is 5.73 Å².